The minimum Gasteiger partial charge on any atom is -0.449 e. The van der Waals surface area contributed by atoms with Crippen LogP contribution in [0, 0.1) is 21.4 Å². The first-order valence-corrected chi connectivity index (χ1v) is 11.0. The molecule has 0 fully saturated rings. The number of rotatable bonds is 7. The van der Waals surface area contributed by atoms with E-state index in [0.717, 1.165) is 10.9 Å². The predicted molar refractivity (Wildman–Crippen MR) is 127 cm³/mol. The lowest BCUT2D eigenvalue weighted by molar-refractivity contribution is -0.384. The Bertz CT molecular complexity index is 1480. The molecular formula is C24H19ClN6O4. The molecule has 176 valence electrons. The monoisotopic (exact) mass is 490 g/mol. The SMILES string of the molecule is CC[C@](C)(OC(=O)c1ccc([N+](=O)[O-])cc1)c1cn(Cc2ccc3c(Cl)cc(C#N)nc3c2)nn1. The van der Waals surface area contributed by atoms with Gasteiger partial charge in [-0.15, -0.1) is 5.10 Å². The van der Waals surface area contributed by atoms with Crippen LogP contribution < -0.4 is 0 Å². The van der Waals surface area contributed by atoms with Gasteiger partial charge in [-0.1, -0.05) is 35.9 Å². The summed E-state index contributed by atoms with van der Waals surface area (Å²) in [5.41, 5.74) is 1.19. The normalized spacial score (nSPS) is 12.6. The number of esters is 1. The number of benzene rings is 2. The van der Waals surface area contributed by atoms with Gasteiger partial charge in [0.05, 0.1) is 33.8 Å². The summed E-state index contributed by atoms with van der Waals surface area (Å²) in [6, 6.07) is 14.3. The van der Waals surface area contributed by atoms with E-state index < -0.39 is 16.5 Å². The summed E-state index contributed by atoms with van der Waals surface area (Å²) in [6.07, 6.45) is 2.13. The van der Waals surface area contributed by atoms with E-state index in [1.165, 1.54) is 30.3 Å². The van der Waals surface area contributed by atoms with Crippen LogP contribution in [0.15, 0.2) is 54.7 Å². The highest BCUT2D eigenvalue weighted by molar-refractivity contribution is 6.35. The molecule has 0 aliphatic carbocycles. The van der Waals surface area contributed by atoms with E-state index >= 15 is 0 Å². The van der Waals surface area contributed by atoms with Crippen molar-refractivity contribution in [2.45, 2.75) is 32.4 Å². The maximum absolute atomic E-state index is 12.7. The third kappa shape index (κ3) is 4.95. The van der Waals surface area contributed by atoms with Crippen molar-refractivity contribution in [2.24, 2.45) is 0 Å². The van der Waals surface area contributed by atoms with Crippen molar-refractivity contribution in [1.82, 2.24) is 20.0 Å². The van der Waals surface area contributed by atoms with Crippen molar-refractivity contribution in [1.29, 1.82) is 5.26 Å². The van der Waals surface area contributed by atoms with E-state index in [-0.39, 0.29) is 16.9 Å². The highest BCUT2D eigenvalue weighted by Crippen LogP contribution is 2.29. The smallest absolute Gasteiger partial charge is 0.339 e. The average molecular weight is 491 g/mol. The summed E-state index contributed by atoms with van der Waals surface area (Å²) in [4.78, 5) is 27.3. The second-order valence-corrected chi connectivity index (χ2v) is 8.44. The van der Waals surface area contributed by atoms with Crippen LogP contribution in [0.2, 0.25) is 5.02 Å². The van der Waals surface area contributed by atoms with E-state index in [1.807, 2.05) is 31.2 Å². The summed E-state index contributed by atoms with van der Waals surface area (Å²) in [6.45, 7) is 3.96. The molecule has 1 atom stereocenters. The standard InChI is InChI=1S/C24H19ClN6O4/c1-3-24(2,35-23(32)16-5-7-18(8-6-16)31(33)34)22-14-30(29-28-22)13-15-4-9-19-20(25)11-17(12-26)27-21(19)10-15/h4-11,14H,3,13H2,1-2H3/t24-/m0/s1. The summed E-state index contributed by atoms with van der Waals surface area (Å²) in [7, 11) is 0. The van der Waals surface area contributed by atoms with Crippen LogP contribution in [0.1, 0.15) is 47.6 Å². The van der Waals surface area contributed by atoms with Gasteiger partial charge in [0.2, 0.25) is 0 Å². The first-order valence-electron chi connectivity index (χ1n) is 10.6. The minimum absolute atomic E-state index is 0.113. The maximum Gasteiger partial charge on any atom is 0.339 e. The Labute approximate surface area is 204 Å². The first kappa shape index (κ1) is 23.8. The molecule has 0 amide bonds. The van der Waals surface area contributed by atoms with Gasteiger partial charge < -0.3 is 4.74 Å². The number of non-ortho nitro benzene ring substituents is 1. The van der Waals surface area contributed by atoms with E-state index in [1.54, 1.807) is 17.8 Å². The Morgan fingerprint density at radius 3 is 2.66 bits per heavy atom. The molecule has 0 saturated carbocycles. The number of halogens is 1. The molecule has 4 aromatic rings. The largest absolute Gasteiger partial charge is 0.449 e. The Hall–Kier alpha value is -4.36. The molecule has 10 nitrogen and oxygen atoms in total. The number of fused-ring (bicyclic) bond motifs is 1. The highest BCUT2D eigenvalue weighted by atomic mass is 35.5. The predicted octanol–water partition coefficient (Wildman–Crippen LogP) is 4.79. The van der Waals surface area contributed by atoms with Crippen molar-refractivity contribution in [2.75, 3.05) is 0 Å². The number of carbonyl (C=O) groups excluding carboxylic acids is 1. The van der Waals surface area contributed by atoms with Gasteiger partial charge >= 0.3 is 5.97 Å². The molecule has 0 saturated heterocycles. The number of aromatic nitrogens is 4. The van der Waals surface area contributed by atoms with Crippen LogP contribution in [0.5, 0.6) is 0 Å². The van der Waals surface area contributed by atoms with Gasteiger partial charge in [0.15, 0.2) is 5.60 Å². The number of nitro groups is 1. The van der Waals surface area contributed by atoms with Gasteiger partial charge in [-0.3, -0.25) is 10.1 Å². The van der Waals surface area contributed by atoms with E-state index in [2.05, 4.69) is 15.3 Å². The summed E-state index contributed by atoms with van der Waals surface area (Å²) < 4.78 is 7.35. The van der Waals surface area contributed by atoms with Crippen LogP contribution >= 0.6 is 11.6 Å². The van der Waals surface area contributed by atoms with E-state index in [9.17, 15) is 14.9 Å². The second kappa shape index (κ2) is 9.48. The van der Waals surface area contributed by atoms with Crippen LogP contribution in [0.25, 0.3) is 10.9 Å². The molecule has 0 unspecified atom stereocenters. The van der Waals surface area contributed by atoms with Crippen molar-refractivity contribution in [3.8, 4) is 6.07 Å². The Kier molecular flexibility index (Phi) is 6.44. The van der Waals surface area contributed by atoms with Crippen LogP contribution in [-0.2, 0) is 16.9 Å². The van der Waals surface area contributed by atoms with Gasteiger partial charge in [0, 0.05) is 17.5 Å². The number of nitriles is 1. The minimum atomic E-state index is -1.06. The lowest BCUT2D eigenvalue weighted by Crippen LogP contribution is -2.29. The molecule has 0 spiro atoms. The fraction of sp³-hybridized carbons (Fsp3) is 0.208. The lowest BCUT2D eigenvalue weighted by Gasteiger charge is -2.26. The van der Waals surface area contributed by atoms with E-state index in [4.69, 9.17) is 21.6 Å². The molecule has 2 aromatic carbocycles. The third-order valence-corrected chi connectivity index (χ3v) is 5.98. The molecule has 0 N–H and O–H groups in total. The fourth-order valence-electron chi connectivity index (χ4n) is 3.48. The highest BCUT2D eigenvalue weighted by Gasteiger charge is 2.33. The average Bonchev–Trinajstić information content (AvgIpc) is 3.32. The Morgan fingerprint density at radius 2 is 2.00 bits per heavy atom. The number of nitrogens with zero attached hydrogens (tertiary/aromatic N) is 6. The topological polar surface area (TPSA) is 137 Å². The van der Waals surface area contributed by atoms with Crippen molar-refractivity contribution >= 4 is 34.2 Å². The van der Waals surface area contributed by atoms with E-state index in [0.29, 0.717) is 29.2 Å². The van der Waals surface area contributed by atoms with Crippen LogP contribution in [-0.4, -0.2) is 30.9 Å². The zero-order valence-corrected chi connectivity index (χ0v) is 19.6. The number of hydrogen-bond acceptors (Lipinski definition) is 8. The summed E-state index contributed by atoms with van der Waals surface area (Å²) in [5, 5.41) is 29.5. The molecule has 11 heteroatoms. The molecule has 0 aliphatic rings. The Balaban J connectivity index is 1.53. The summed E-state index contributed by atoms with van der Waals surface area (Å²) in [5.74, 6) is -0.621. The van der Waals surface area contributed by atoms with Crippen LogP contribution in [0.3, 0.4) is 0 Å². The first-order chi connectivity index (χ1) is 16.7. The molecule has 35 heavy (non-hydrogen) atoms. The molecule has 0 radical (unpaired) electrons. The molecule has 0 bridgehead atoms. The van der Waals surface area contributed by atoms with Crippen molar-refractivity contribution in [3.05, 3.63) is 92.4 Å². The third-order valence-electron chi connectivity index (χ3n) is 5.67. The zero-order chi connectivity index (χ0) is 25.2. The Morgan fingerprint density at radius 1 is 1.26 bits per heavy atom. The number of nitro benzene ring substituents is 1. The lowest BCUT2D eigenvalue weighted by atomic mass is 9.99. The number of pyridine rings is 1. The quantitative estimate of drug-likeness (QED) is 0.205. The number of ether oxygens (including phenoxy) is 1. The molecule has 4 rings (SSSR count). The van der Waals surface area contributed by atoms with Crippen LogP contribution in [0.4, 0.5) is 5.69 Å². The van der Waals surface area contributed by atoms with Gasteiger partial charge in [-0.05, 0) is 43.2 Å². The zero-order valence-electron chi connectivity index (χ0n) is 18.8. The molecule has 0 aliphatic heterocycles. The van der Waals surface area contributed by atoms with Crippen molar-refractivity contribution in [3.63, 3.8) is 0 Å². The van der Waals surface area contributed by atoms with Gasteiger partial charge in [0.25, 0.3) is 5.69 Å². The van der Waals surface area contributed by atoms with Gasteiger partial charge in [-0.25, -0.2) is 14.5 Å². The number of carbonyl (C=O) groups is 1. The molecule has 2 heterocycles. The summed E-state index contributed by atoms with van der Waals surface area (Å²) >= 11 is 6.24. The van der Waals surface area contributed by atoms with Gasteiger partial charge in [-0.2, -0.15) is 5.26 Å². The second-order valence-electron chi connectivity index (χ2n) is 8.03. The molecular weight excluding hydrogens is 472 g/mol. The fourth-order valence-corrected chi connectivity index (χ4v) is 3.74. The molecule has 2 aromatic heterocycles. The van der Waals surface area contributed by atoms with Crippen molar-refractivity contribution < 1.29 is 14.5 Å². The maximum atomic E-state index is 12.7. The number of hydrogen-bond donors (Lipinski definition) is 0. The van der Waals surface area contributed by atoms with Gasteiger partial charge in [0.1, 0.15) is 17.5 Å².